The summed E-state index contributed by atoms with van der Waals surface area (Å²) in [5.41, 5.74) is 9.04. The molecule has 2 N–H and O–H groups in total. The fourth-order valence-corrected chi connectivity index (χ4v) is 2.64. The zero-order valence-electron chi connectivity index (χ0n) is 11.1. The molecule has 0 spiro atoms. The number of halogens is 2. The van der Waals surface area contributed by atoms with Crippen molar-refractivity contribution in [2.45, 2.75) is 6.54 Å². The average molecular weight is 363 g/mol. The first kappa shape index (κ1) is 14.2. The molecule has 1 heterocycles. The lowest BCUT2D eigenvalue weighted by molar-refractivity contribution is 0.698. The Morgan fingerprint density at radius 3 is 2.52 bits per heavy atom. The average Bonchev–Trinajstić information content (AvgIpc) is 2.83. The Labute approximate surface area is 136 Å². The van der Waals surface area contributed by atoms with Gasteiger partial charge in [0.05, 0.1) is 12.2 Å². The fourth-order valence-electron chi connectivity index (χ4n) is 2.11. The van der Waals surface area contributed by atoms with Crippen molar-refractivity contribution in [3.63, 3.8) is 0 Å². The van der Waals surface area contributed by atoms with Crippen LogP contribution in [0, 0.1) is 0 Å². The van der Waals surface area contributed by atoms with Crippen molar-refractivity contribution < 1.29 is 0 Å². The SMILES string of the molecule is Nc1cc(-c2ccc(Cl)cc2)nn1Cc1ccccc1Br. The van der Waals surface area contributed by atoms with Crippen LogP contribution in [0.25, 0.3) is 11.3 Å². The Hall–Kier alpha value is -1.78. The molecule has 0 radical (unpaired) electrons. The lowest BCUT2D eigenvalue weighted by atomic mass is 10.1. The van der Waals surface area contributed by atoms with Crippen LogP contribution in [0.3, 0.4) is 0 Å². The maximum atomic E-state index is 6.07. The van der Waals surface area contributed by atoms with Gasteiger partial charge in [0.2, 0.25) is 0 Å². The van der Waals surface area contributed by atoms with Gasteiger partial charge in [-0.05, 0) is 23.8 Å². The van der Waals surface area contributed by atoms with Gasteiger partial charge < -0.3 is 5.73 Å². The zero-order chi connectivity index (χ0) is 14.8. The molecule has 3 nitrogen and oxygen atoms in total. The second-order valence-electron chi connectivity index (χ2n) is 4.71. The topological polar surface area (TPSA) is 43.8 Å². The first-order chi connectivity index (χ1) is 10.1. The number of hydrogen-bond donors (Lipinski definition) is 1. The van der Waals surface area contributed by atoms with Crippen LogP contribution in [0.2, 0.25) is 5.02 Å². The summed E-state index contributed by atoms with van der Waals surface area (Å²) >= 11 is 9.45. The van der Waals surface area contributed by atoms with Gasteiger partial charge in [-0.3, -0.25) is 0 Å². The molecule has 1 aromatic heterocycles. The Bertz CT molecular complexity index is 765. The van der Waals surface area contributed by atoms with Crippen molar-refractivity contribution in [1.29, 1.82) is 0 Å². The van der Waals surface area contributed by atoms with Crippen LogP contribution >= 0.6 is 27.5 Å². The molecule has 0 bridgehead atoms. The van der Waals surface area contributed by atoms with Gasteiger partial charge in [-0.1, -0.05) is 57.9 Å². The van der Waals surface area contributed by atoms with Crippen LogP contribution in [0.5, 0.6) is 0 Å². The Kier molecular flexibility index (Phi) is 3.99. The van der Waals surface area contributed by atoms with Gasteiger partial charge in [0.15, 0.2) is 0 Å². The van der Waals surface area contributed by atoms with Crippen molar-refractivity contribution in [1.82, 2.24) is 9.78 Å². The van der Waals surface area contributed by atoms with E-state index in [1.165, 1.54) is 0 Å². The lowest BCUT2D eigenvalue weighted by Crippen LogP contribution is -2.06. The predicted molar refractivity (Wildman–Crippen MR) is 90.3 cm³/mol. The molecular formula is C16H13BrClN3. The van der Waals surface area contributed by atoms with Gasteiger partial charge in [-0.2, -0.15) is 5.10 Å². The van der Waals surface area contributed by atoms with Crippen LogP contribution < -0.4 is 5.73 Å². The molecule has 0 fully saturated rings. The van der Waals surface area contributed by atoms with E-state index in [1.807, 2.05) is 54.6 Å². The monoisotopic (exact) mass is 361 g/mol. The van der Waals surface area contributed by atoms with Gasteiger partial charge in [0.1, 0.15) is 5.82 Å². The molecule has 0 aliphatic carbocycles. The summed E-state index contributed by atoms with van der Waals surface area (Å²) in [5.74, 6) is 0.635. The molecule has 0 aliphatic heterocycles. The van der Waals surface area contributed by atoms with E-state index in [9.17, 15) is 0 Å². The number of anilines is 1. The van der Waals surface area contributed by atoms with E-state index in [2.05, 4.69) is 21.0 Å². The molecule has 0 saturated carbocycles. The molecule has 0 unspecified atom stereocenters. The van der Waals surface area contributed by atoms with Gasteiger partial charge in [0.25, 0.3) is 0 Å². The summed E-state index contributed by atoms with van der Waals surface area (Å²) in [6, 6.07) is 17.5. The Morgan fingerprint density at radius 2 is 1.81 bits per heavy atom. The summed E-state index contributed by atoms with van der Waals surface area (Å²) in [6.07, 6.45) is 0. The van der Waals surface area contributed by atoms with Gasteiger partial charge in [-0.15, -0.1) is 0 Å². The number of nitrogens with zero attached hydrogens (tertiary/aromatic N) is 2. The summed E-state index contributed by atoms with van der Waals surface area (Å²) in [6.45, 7) is 0.626. The largest absolute Gasteiger partial charge is 0.384 e. The lowest BCUT2D eigenvalue weighted by Gasteiger charge is -2.06. The summed E-state index contributed by atoms with van der Waals surface area (Å²) in [7, 11) is 0. The quantitative estimate of drug-likeness (QED) is 0.740. The predicted octanol–water partition coefficient (Wildman–Crippen LogP) is 4.60. The van der Waals surface area contributed by atoms with E-state index < -0.39 is 0 Å². The third kappa shape index (κ3) is 3.12. The molecule has 3 aromatic rings. The summed E-state index contributed by atoms with van der Waals surface area (Å²) < 4.78 is 2.84. The number of aromatic nitrogens is 2. The van der Waals surface area contributed by atoms with Crippen LogP contribution in [-0.4, -0.2) is 9.78 Å². The molecule has 3 rings (SSSR count). The standard InChI is InChI=1S/C16H13BrClN3/c17-14-4-2-1-3-12(14)10-21-16(19)9-15(20-21)11-5-7-13(18)8-6-11/h1-9H,10,19H2. The highest BCUT2D eigenvalue weighted by Gasteiger charge is 2.09. The number of rotatable bonds is 3. The number of benzene rings is 2. The van der Waals surface area contributed by atoms with E-state index in [0.717, 1.165) is 21.3 Å². The Morgan fingerprint density at radius 1 is 1.10 bits per heavy atom. The minimum absolute atomic E-state index is 0.626. The maximum absolute atomic E-state index is 6.07. The van der Waals surface area contributed by atoms with E-state index >= 15 is 0 Å². The highest BCUT2D eigenvalue weighted by molar-refractivity contribution is 9.10. The van der Waals surface area contributed by atoms with E-state index in [4.69, 9.17) is 17.3 Å². The smallest absolute Gasteiger partial charge is 0.122 e. The molecule has 0 amide bonds. The first-order valence-electron chi connectivity index (χ1n) is 6.46. The van der Waals surface area contributed by atoms with Gasteiger partial charge in [0, 0.05) is 21.1 Å². The van der Waals surface area contributed by atoms with Crippen molar-refractivity contribution >= 4 is 33.3 Å². The molecular weight excluding hydrogens is 350 g/mol. The number of nitrogens with two attached hydrogens (primary N) is 1. The molecule has 0 atom stereocenters. The third-order valence-corrected chi connectivity index (χ3v) is 4.25. The summed E-state index contributed by atoms with van der Waals surface area (Å²) in [4.78, 5) is 0. The summed E-state index contributed by atoms with van der Waals surface area (Å²) in [5, 5.41) is 5.28. The van der Waals surface area contributed by atoms with E-state index in [0.29, 0.717) is 17.4 Å². The number of nitrogen functional groups attached to an aromatic ring is 1. The molecule has 21 heavy (non-hydrogen) atoms. The molecule has 106 valence electrons. The van der Waals surface area contributed by atoms with Crippen molar-refractivity contribution in [2.24, 2.45) is 0 Å². The molecule has 0 saturated heterocycles. The third-order valence-electron chi connectivity index (χ3n) is 3.23. The normalized spacial score (nSPS) is 10.8. The van der Waals surface area contributed by atoms with Crippen LogP contribution in [-0.2, 0) is 6.54 Å². The Balaban J connectivity index is 1.91. The minimum Gasteiger partial charge on any atom is -0.384 e. The maximum Gasteiger partial charge on any atom is 0.122 e. The highest BCUT2D eigenvalue weighted by Crippen LogP contribution is 2.24. The second-order valence-corrected chi connectivity index (χ2v) is 6.00. The van der Waals surface area contributed by atoms with Crippen LogP contribution in [0.15, 0.2) is 59.1 Å². The molecule has 0 aliphatic rings. The second kappa shape index (κ2) is 5.92. The minimum atomic E-state index is 0.626. The zero-order valence-corrected chi connectivity index (χ0v) is 13.5. The van der Waals surface area contributed by atoms with E-state index in [-0.39, 0.29) is 0 Å². The molecule has 5 heteroatoms. The molecule has 2 aromatic carbocycles. The van der Waals surface area contributed by atoms with Crippen molar-refractivity contribution in [2.75, 3.05) is 5.73 Å². The van der Waals surface area contributed by atoms with Crippen LogP contribution in [0.4, 0.5) is 5.82 Å². The van der Waals surface area contributed by atoms with E-state index in [1.54, 1.807) is 4.68 Å². The van der Waals surface area contributed by atoms with Gasteiger partial charge >= 0.3 is 0 Å². The van der Waals surface area contributed by atoms with Crippen LogP contribution in [0.1, 0.15) is 5.56 Å². The first-order valence-corrected chi connectivity index (χ1v) is 7.63. The highest BCUT2D eigenvalue weighted by atomic mass is 79.9. The number of hydrogen-bond acceptors (Lipinski definition) is 2. The van der Waals surface area contributed by atoms with Crippen molar-refractivity contribution in [3.05, 3.63) is 69.7 Å². The van der Waals surface area contributed by atoms with Gasteiger partial charge in [-0.25, -0.2) is 4.68 Å². The fraction of sp³-hybridized carbons (Fsp3) is 0.0625. The van der Waals surface area contributed by atoms with Crippen molar-refractivity contribution in [3.8, 4) is 11.3 Å².